The van der Waals surface area contributed by atoms with Crippen LogP contribution >= 0.6 is 39.1 Å². The van der Waals surface area contributed by atoms with E-state index < -0.39 is 0 Å². The van der Waals surface area contributed by atoms with E-state index in [1.165, 1.54) is 4.57 Å². The SMILES string of the molecule is CCOc1cc2c(C(C)CNC(=O)CC)cn(C(=O)c3ccc(Br)cc3)c2c(Cl)c1Cl. The first-order valence-electron chi connectivity index (χ1n) is 10.0. The van der Waals surface area contributed by atoms with Crippen LogP contribution in [-0.4, -0.2) is 29.5 Å². The number of benzene rings is 2. The molecule has 2 aromatic carbocycles. The van der Waals surface area contributed by atoms with Crippen LogP contribution < -0.4 is 10.1 Å². The molecule has 0 spiro atoms. The molecule has 1 atom stereocenters. The van der Waals surface area contributed by atoms with Gasteiger partial charge in [-0.3, -0.25) is 14.2 Å². The van der Waals surface area contributed by atoms with Crippen molar-refractivity contribution in [3.63, 3.8) is 0 Å². The molecule has 0 radical (unpaired) electrons. The lowest BCUT2D eigenvalue weighted by molar-refractivity contribution is -0.120. The zero-order valence-electron chi connectivity index (χ0n) is 17.5. The zero-order chi connectivity index (χ0) is 22.7. The van der Waals surface area contributed by atoms with E-state index in [4.69, 9.17) is 27.9 Å². The van der Waals surface area contributed by atoms with Gasteiger partial charge in [0.25, 0.3) is 5.91 Å². The molecule has 0 fully saturated rings. The third-order valence-corrected chi connectivity index (χ3v) is 6.40. The zero-order valence-corrected chi connectivity index (χ0v) is 20.6. The number of carbonyl (C=O) groups excluding carboxylic acids is 2. The summed E-state index contributed by atoms with van der Waals surface area (Å²) >= 11 is 16.5. The normalized spacial score (nSPS) is 12.1. The summed E-state index contributed by atoms with van der Waals surface area (Å²) in [6, 6.07) is 8.92. The molecular formula is C23H23BrCl2N2O3. The predicted molar refractivity (Wildman–Crippen MR) is 129 cm³/mol. The van der Waals surface area contributed by atoms with Gasteiger partial charge in [-0.15, -0.1) is 0 Å². The molecule has 3 rings (SSSR count). The maximum atomic E-state index is 13.3. The van der Waals surface area contributed by atoms with Crippen molar-refractivity contribution in [3.05, 3.63) is 62.2 Å². The van der Waals surface area contributed by atoms with E-state index in [0.717, 1.165) is 15.4 Å². The molecule has 3 aromatic rings. The Balaban J connectivity index is 2.17. The molecule has 1 aromatic heterocycles. The summed E-state index contributed by atoms with van der Waals surface area (Å²) in [7, 11) is 0. The molecule has 1 heterocycles. The van der Waals surface area contributed by atoms with Crippen molar-refractivity contribution in [2.75, 3.05) is 13.2 Å². The number of nitrogens with one attached hydrogen (secondary N) is 1. The van der Waals surface area contributed by atoms with Gasteiger partial charge in [0.1, 0.15) is 10.8 Å². The number of hydrogen-bond acceptors (Lipinski definition) is 3. The van der Waals surface area contributed by atoms with Crippen LogP contribution in [0.4, 0.5) is 0 Å². The minimum absolute atomic E-state index is 0.0300. The molecule has 1 unspecified atom stereocenters. The van der Waals surface area contributed by atoms with E-state index in [2.05, 4.69) is 21.2 Å². The first-order chi connectivity index (χ1) is 14.8. The van der Waals surface area contributed by atoms with Gasteiger partial charge in [-0.25, -0.2) is 0 Å². The quantitative estimate of drug-likeness (QED) is 0.386. The molecule has 8 heteroatoms. The first kappa shape index (κ1) is 23.6. The Labute approximate surface area is 199 Å². The van der Waals surface area contributed by atoms with Crippen molar-refractivity contribution >= 4 is 61.8 Å². The maximum Gasteiger partial charge on any atom is 0.262 e. The number of carbonyl (C=O) groups is 2. The largest absolute Gasteiger partial charge is 0.492 e. The third kappa shape index (κ3) is 4.92. The average molecular weight is 526 g/mol. The van der Waals surface area contributed by atoms with Gasteiger partial charge in [0, 0.05) is 40.5 Å². The summed E-state index contributed by atoms with van der Waals surface area (Å²) in [6.45, 7) is 6.52. The van der Waals surface area contributed by atoms with Crippen molar-refractivity contribution in [3.8, 4) is 5.75 Å². The van der Waals surface area contributed by atoms with E-state index in [1.807, 2.05) is 32.0 Å². The predicted octanol–water partition coefficient (Wildman–Crippen LogP) is 6.43. The minimum Gasteiger partial charge on any atom is -0.492 e. The molecule has 0 aliphatic carbocycles. The summed E-state index contributed by atoms with van der Waals surface area (Å²) < 4.78 is 8.06. The standard InChI is InChI=1S/C23H23BrCl2N2O3/c1-4-19(29)27-11-13(3)17-12-28(23(30)14-6-8-15(24)9-7-14)22-16(17)10-18(31-5-2)20(25)21(22)26/h6-10,12-13H,4-5,11H2,1-3H3,(H,27,29). The summed E-state index contributed by atoms with van der Waals surface area (Å²) in [5.74, 6) is 0.138. The molecular weight excluding hydrogens is 503 g/mol. The fraction of sp³-hybridized carbons (Fsp3) is 0.304. The number of amides is 1. The molecule has 0 saturated carbocycles. The van der Waals surface area contributed by atoms with Gasteiger partial charge < -0.3 is 10.1 Å². The van der Waals surface area contributed by atoms with Crippen LogP contribution in [0.25, 0.3) is 10.9 Å². The van der Waals surface area contributed by atoms with Crippen LogP contribution in [0, 0.1) is 0 Å². The Hall–Kier alpha value is -2.02. The number of ether oxygens (including phenoxy) is 1. The molecule has 164 valence electrons. The highest BCUT2D eigenvalue weighted by Crippen LogP contribution is 2.42. The highest BCUT2D eigenvalue weighted by atomic mass is 79.9. The highest BCUT2D eigenvalue weighted by molar-refractivity contribution is 9.10. The third-order valence-electron chi connectivity index (χ3n) is 5.03. The van der Waals surface area contributed by atoms with Crippen molar-refractivity contribution < 1.29 is 14.3 Å². The van der Waals surface area contributed by atoms with E-state index in [0.29, 0.717) is 36.4 Å². The molecule has 1 N–H and O–H groups in total. The number of hydrogen-bond donors (Lipinski definition) is 1. The molecule has 31 heavy (non-hydrogen) atoms. The smallest absolute Gasteiger partial charge is 0.262 e. The lowest BCUT2D eigenvalue weighted by atomic mass is 10.00. The second-order valence-corrected chi connectivity index (χ2v) is 8.83. The van der Waals surface area contributed by atoms with E-state index in [1.54, 1.807) is 25.3 Å². The molecule has 0 aliphatic rings. The lowest BCUT2D eigenvalue weighted by Gasteiger charge is -2.13. The Bertz CT molecular complexity index is 1130. The van der Waals surface area contributed by atoms with E-state index >= 15 is 0 Å². The summed E-state index contributed by atoms with van der Waals surface area (Å²) in [5, 5.41) is 4.19. The van der Waals surface area contributed by atoms with Crippen molar-refractivity contribution in [2.45, 2.75) is 33.1 Å². The second kappa shape index (κ2) is 10.1. The Kier molecular flexibility index (Phi) is 7.68. The van der Waals surface area contributed by atoms with E-state index in [9.17, 15) is 9.59 Å². The van der Waals surface area contributed by atoms with Gasteiger partial charge in [-0.1, -0.05) is 53.0 Å². The summed E-state index contributed by atoms with van der Waals surface area (Å²) in [5.41, 5.74) is 1.91. The average Bonchev–Trinajstić information content (AvgIpc) is 3.15. The van der Waals surface area contributed by atoms with Gasteiger partial charge >= 0.3 is 0 Å². The monoisotopic (exact) mass is 524 g/mol. The minimum atomic E-state index is -0.226. The van der Waals surface area contributed by atoms with Gasteiger partial charge in [-0.05, 0) is 42.8 Å². The van der Waals surface area contributed by atoms with Crippen LogP contribution in [0.3, 0.4) is 0 Å². The lowest BCUT2D eigenvalue weighted by Crippen LogP contribution is -2.26. The fourth-order valence-corrected chi connectivity index (χ4v) is 4.12. The summed E-state index contributed by atoms with van der Waals surface area (Å²) in [6.07, 6.45) is 2.18. The van der Waals surface area contributed by atoms with Crippen molar-refractivity contribution in [1.82, 2.24) is 9.88 Å². The van der Waals surface area contributed by atoms with Crippen molar-refractivity contribution in [1.29, 1.82) is 0 Å². The van der Waals surface area contributed by atoms with Crippen LogP contribution in [-0.2, 0) is 4.79 Å². The van der Waals surface area contributed by atoms with Crippen LogP contribution in [0.15, 0.2) is 41.0 Å². The molecule has 0 aliphatic heterocycles. The van der Waals surface area contributed by atoms with Gasteiger partial charge in [-0.2, -0.15) is 0 Å². The van der Waals surface area contributed by atoms with Crippen LogP contribution in [0.2, 0.25) is 10.0 Å². The van der Waals surface area contributed by atoms with Crippen LogP contribution in [0.5, 0.6) is 5.75 Å². The molecule has 0 saturated heterocycles. The van der Waals surface area contributed by atoms with Crippen molar-refractivity contribution in [2.24, 2.45) is 0 Å². The number of nitrogens with zero attached hydrogens (tertiary/aromatic N) is 1. The fourth-order valence-electron chi connectivity index (χ4n) is 3.37. The second-order valence-electron chi connectivity index (χ2n) is 7.16. The topological polar surface area (TPSA) is 60.3 Å². The molecule has 1 amide bonds. The van der Waals surface area contributed by atoms with Gasteiger partial charge in [0.05, 0.1) is 17.1 Å². The van der Waals surface area contributed by atoms with Gasteiger partial charge in [0.15, 0.2) is 0 Å². The summed E-state index contributed by atoms with van der Waals surface area (Å²) in [4.78, 5) is 25.1. The number of aromatic nitrogens is 1. The Morgan fingerprint density at radius 2 is 1.84 bits per heavy atom. The first-order valence-corrected chi connectivity index (χ1v) is 11.6. The number of halogens is 3. The van der Waals surface area contributed by atoms with Gasteiger partial charge in [0.2, 0.25) is 5.91 Å². The molecule has 0 bridgehead atoms. The number of rotatable bonds is 7. The maximum absolute atomic E-state index is 13.3. The Morgan fingerprint density at radius 1 is 1.16 bits per heavy atom. The highest BCUT2D eigenvalue weighted by Gasteiger charge is 2.24. The van der Waals surface area contributed by atoms with E-state index in [-0.39, 0.29) is 27.8 Å². The Morgan fingerprint density at radius 3 is 2.45 bits per heavy atom. The molecule has 5 nitrogen and oxygen atoms in total. The van der Waals surface area contributed by atoms with Crippen LogP contribution in [0.1, 0.15) is 49.0 Å². The number of fused-ring (bicyclic) bond motifs is 1.